The molecule has 0 saturated heterocycles. The zero-order valence-corrected chi connectivity index (χ0v) is 10.7. The molecule has 1 heterocycles. The summed E-state index contributed by atoms with van der Waals surface area (Å²) in [6.07, 6.45) is 3.16. The van der Waals surface area contributed by atoms with Crippen molar-refractivity contribution < 1.29 is 9.59 Å². The highest BCUT2D eigenvalue weighted by molar-refractivity contribution is 5.94. The molecule has 1 rings (SSSR count). The van der Waals surface area contributed by atoms with Crippen LogP contribution in [0.4, 0.5) is 0 Å². The summed E-state index contributed by atoms with van der Waals surface area (Å²) in [4.78, 5) is 28.5. The molecule has 18 heavy (non-hydrogen) atoms. The fourth-order valence-corrected chi connectivity index (χ4v) is 1.55. The van der Waals surface area contributed by atoms with Crippen molar-refractivity contribution in [3.63, 3.8) is 0 Å². The number of amides is 2. The number of carbonyl (C=O) groups is 2. The molecule has 0 aliphatic heterocycles. The maximum absolute atomic E-state index is 12.2. The Morgan fingerprint density at radius 3 is 2.67 bits per heavy atom. The number of nitrogens with two attached hydrogens (primary N) is 2. The van der Waals surface area contributed by atoms with Gasteiger partial charge in [0.25, 0.3) is 5.91 Å². The first-order valence-corrected chi connectivity index (χ1v) is 5.76. The van der Waals surface area contributed by atoms with Gasteiger partial charge in [-0.2, -0.15) is 0 Å². The summed E-state index contributed by atoms with van der Waals surface area (Å²) in [6, 6.07) is -0.121. The molecule has 0 atom stereocenters. The van der Waals surface area contributed by atoms with Crippen LogP contribution in [0.5, 0.6) is 0 Å². The van der Waals surface area contributed by atoms with E-state index >= 15 is 0 Å². The highest BCUT2D eigenvalue weighted by Gasteiger charge is 2.22. The van der Waals surface area contributed by atoms with E-state index in [1.807, 2.05) is 13.8 Å². The van der Waals surface area contributed by atoms with Crippen molar-refractivity contribution >= 4 is 11.8 Å². The van der Waals surface area contributed by atoms with Crippen molar-refractivity contribution in [2.24, 2.45) is 11.5 Å². The lowest BCUT2D eigenvalue weighted by Crippen LogP contribution is -2.42. The normalized spacial score (nSPS) is 10.7. The lowest BCUT2D eigenvalue weighted by atomic mass is 10.2. The van der Waals surface area contributed by atoms with Crippen molar-refractivity contribution in [3.8, 4) is 0 Å². The smallest absolute Gasteiger partial charge is 0.274 e. The van der Waals surface area contributed by atoms with Crippen LogP contribution in [0.3, 0.4) is 0 Å². The van der Waals surface area contributed by atoms with E-state index in [4.69, 9.17) is 11.5 Å². The van der Waals surface area contributed by atoms with Crippen LogP contribution < -0.4 is 11.5 Å². The number of primary amides is 1. The predicted octanol–water partition coefficient (Wildman–Crippen LogP) is -0.822. The molecule has 1 aromatic heterocycles. The van der Waals surface area contributed by atoms with E-state index in [0.717, 1.165) is 0 Å². The molecule has 0 aliphatic rings. The third-order valence-electron chi connectivity index (χ3n) is 2.45. The quantitative estimate of drug-likeness (QED) is 0.690. The summed E-state index contributed by atoms with van der Waals surface area (Å²) in [7, 11) is 0. The minimum Gasteiger partial charge on any atom is -0.368 e. The molecule has 100 valence electrons. The molecule has 7 nitrogen and oxygen atoms in total. The largest absolute Gasteiger partial charge is 0.368 e. The van der Waals surface area contributed by atoms with Gasteiger partial charge < -0.3 is 20.9 Å². The van der Waals surface area contributed by atoms with Crippen LogP contribution >= 0.6 is 0 Å². The fraction of sp³-hybridized carbons (Fsp3) is 0.545. The van der Waals surface area contributed by atoms with Crippen LogP contribution in [0.15, 0.2) is 12.5 Å². The first-order chi connectivity index (χ1) is 8.45. The van der Waals surface area contributed by atoms with E-state index in [1.165, 1.54) is 4.90 Å². The van der Waals surface area contributed by atoms with Gasteiger partial charge in [0.1, 0.15) is 5.69 Å². The number of aromatic nitrogens is 2. The van der Waals surface area contributed by atoms with Crippen LogP contribution in [-0.2, 0) is 11.3 Å². The third kappa shape index (κ3) is 3.56. The van der Waals surface area contributed by atoms with Gasteiger partial charge in [-0.05, 0) is 13.8 Å². The van der Waals surface area contributed by atoms with Gasteiger partial charge in [-0.15, -0.1) is 0 Å². The van der Waals surface area contributed by atoms with Crippen LogP contribution in [0, 0.1) is 0 Å². The van der Waals surface area contributed by atoms with Gasteiger partial charge in [-0.3, -0.25) is 9.59 Å². The van der Waals surface area contributed by atoms with Crippen LogP contribution in [0.2, 0.25) is 0 Å². The van der Waals surface area contributed by atoms with Crippen LogP contribution in [0.25, 0.3) is 0 Å². The molecule has 0 fully saturated rings. The highest BCUT2D eigenvalue weighted by Crippen LogP contribution is 2.06. The zero-order chi connectivity index (χ0) is 13.7. The average molecular weight is 253 g/mol. The number of imidazole rings is 1. The van der Waals surface area contributed by atoms with Gasteiger partial charge in [0.2, 0.25) is 5.91 Å². The Morgan fingerprint density at radius 2 is 2.17 bits per heavy atom. The zero-order valence-electron chi connectivity index (χ0n) is 10.7. The second-order valence-electron chi connectivity index (χ2n) is 4.28. The molecular weight excluding hydrogens is 234 g/mol. The molecular formula is C11H19N5O2. The topological polar surface area (TPSA) is 107 Å². The Labute approximate surface area is 106 Å². The Hall–Kier alpha value is -1.89. The standard InChI is InChI=1S/C11H19N5O2/c1-8(2)16(6-10(13)17)11(18)9-5-15(4-3-12)7-14-9/h5,7-8H,3-4,6,12H2,1-2H3,(H2,13,17). The molecule has 2 amide bonds. The van der Waals surface area contributed by atoms with Crippen LogP contribution in [-0.4, -0.2) is 45.4 Å². The minimum atomic E-state index is -0.543. The molecule has 1 aromatic rings. The molecule has 0 spiro atoms. The maximum atomic E-state index is 12.2. The Balaban J connectivity index is 2.84. The van der Waals surface area contributed by atoms with Crippen molar-refractivity contribution in [1.29, 1.82) is 0 Å². The third-order valence-corrected chi connectivity index (χ3v) is 2.45. The van der Waals surface area contributed by atoms with Gasteiger partial charge in [0.05, 0.1) is 12.9 Å². The summed E-state index contributed by atoms with van der Waals surface area (Å²) >= 11 is 0. The summed E-state index contributed by atoms with van der Waals surface area (Å²) in [5.41, 5.74) is 10.8. The van der Waals surface area contributed by atoms with Crippen molar-refractivity contribution in [1.82, 2.24) is 14.5 Å². The summed E-state index contributed by atoms with van der Waals surface area (Å²) in [5.74, 6) is -0.849. The van der Waals surface area contributed by atoms with E-state index in [0.29, 0.717) is 18.8 Å². The number of hydrogen-bond acceptors (Lipinski definition) is 4. The highest BCUT2D eigenvalue weighted by atomic mass is 16.2. The van der Waals surface area contributed by atoms with Gasteiger partial charge in [-0.1, -0.05) is 0 Å². The summed E-state index contributed by atoms with van der Waals surface area (Å²) < 4.78 is 1.73. The first kappa shape index (κ1) is 14.2. The molecule has 7 heteroatoms. The summed E-state index contributed by atoms with van der Waals surface area (Å²) in [6.45, 7) is 4.59. The van der Waals surface area contributed by atoms with E-state index in [9.17, 15) is 9.59 Å². The van der Waals surface area contributed by atoms with Gasteiger partial charge in [0, 0.05) is 25.3 Å². The number of rotatable bonds is 6. The molecule has 0 bridgehead atoms. The van der Waals surface area contributed by atoms with E-state index in [-0.39, 0.29) is 18.5 Å². The molecule has 0 radical (unpaired) electrons. The first-order valence-electron chi connectivity index (χ1n) is 5.76. The number of carbonyl (C=O) groups excluding carboxylic acids is 2. The fourth-order valence-electron chi connectivity index (χ4n) is 1.55. The summed E-state index contributed by atoms with van der Waals surface area (Å²) in [5, 5.41) is 0. The Morgan fingerprint density at radius 1 is 1.50 bits per heavy atom. The van der Waals surface area contributed by atoms with Crippen molar-refractivity contribution in [2.45, 2.75) is 26.4 Å². The van der Waals surface area contributed by atoms with E-state index in [1.54, 1.807) is 17.1 Å². The van der Waals surface area contributed by atoms with Crippen molar-refractivity contribution in [2.75, 3.05) is 13.1 Å². The molecule has 0 aromatic carbocycles. The Kier molecular flexibility index (Phi) is 4.85. The van der Waals surface area contributed by atoms with Crippen molar-refractivity contribution in [3.05, 3.63) is 18.2 Å². The second kappa shape index (κ2) is 6.15. The average Bonchev–Trinajstić information content (AvgIpc) is 2.73. The SMILES string of the molecule is CC(C)N(CC(N)=O)C(=O)c1cn(CCN)cn1. The second-order valence-corrected chi connectivity index (χ2v) is 4.28. The number of hydrogen-bond donors (Lipinski definition) is 2. The lowest BCUT2D eigenvalue weighted by Gasteiger charge is -2.24. The monoisotopic (exact) mass is 253 g/mol. The molecule has 4 N–H and O–H groups in total. The van der Waals surface area contributed by atoms with Crippen LogP contribution in [0.1, 0.15) is 24.3 Å². The minimum absolute atomic E-state index is 0.111. The predicted molar refractivity (Wildman–Crippen MR) is 66.6 cm³/mol. The van der Waals surface area contributed by atoms with E-state index < -0.39 is 5.91 Å². The number of nitrogens with zero attached hydrogens (tertiary/aromatic N) is 3. The van der Waals surface area contributed by atoms with Gasteiger partial charge in [-0.25, -0.2) is 4.98 Å². The van der Waals surface area contributed by atoms with Gasteiger partial charge >= 0.3 is 0 Å². The maximum Gasteiger partial charge on any atom is 0.274 e. The molecule has 0 unspecified atom stereocenters. The lowest BCUT2D eigenvalue weighted by molar-refractivity contribution is -0.119. The Bertz CT molecular complexity index is 427. The van der Waals surface area contributed by atoms with E-state index in [2.05, 4.69) is 4.98 Å². The van der Waals surface area contributed by atoms with Gasteiger partial charge in [0.15, 0.2) is 0 Å². The molecule has 0 aliphatic carbocycles. The molecule has 0 saturated carbocycles.